The van der Waals surface area contributed by atoms with Crippen LogP contribution in [0.1, 0.15) is 19.3 Å². The molecule has 1 saturated heterocycles. The second kappa shape index (κ2) is 9.64. The summed E-state index contributed by atoms with van der Waals surface area (Å²) < 4.78 is 6.04. The van der Waals surface area contributed by atoms with Crippen LogP contribution in [0.2, 0.25) is 5.02 Å². The molecular formula is C18H26ClIN4O2. The Balaban J connectivity index is 0.00000243. The Morgan fingerprint density at radius 2 is 2.08 bits per heavy atom. The van der Waals surface area contributed by atoms with Crippen LogP contribution in [0.5, 0.6) is 5.75 Å². The monoisotopic (exact) mass is 492 g/mol. The second-order valence-corrected chi connectivity index (χ2v) is 7.16. The van der Waals surface area contributed by atoms with Crippen molar-refractivity contribution < 1.29 is 9.53 Å². The smallest absolute Gasteiger partial charge is 0.243 e. The summed E-state index contributed by atoms with van der Waals surface area (Å²) >= 11 is 6.18. The number of ether oxygens (including phenoxy) is 1. The topological polar surface area (TPSA) is 57.2 Å². The highest BCUT2D eigenvalue weighted by Gasteiger charge is 2.30. The summed E-state index contributed by atoms with van der Waals surface area (Å²) in [7, 11) is 3.49. The number of carbonyl (C=O) groups excluding carboxylic acids is 1. The van der Waals surface area contributed by atoms with Crippen LogP contribution < -0.4 is 10.1 Å². The summed E-state index contributed by atoms with van der Waals surface area (Å²) in [6, 6.07) is 8.01. The lowest BCUT2D eigenvalue weighted by atomic mass is 10.3. The van der Waals surface area contributed by atoms with Gasteiger partial charge >= 0.3 is 0 Å². The van der Waals surface area contributed by atoms with Gasteiger partial charge in [-0.3, -0.25) is 4.79 Å². The van der Waals surface area contributed by atoms with Crippen LogP contribution in [-0.2, 0) is 4.79 Å². The van der Waals surface area contributed by atoms with E-state index >= 15 is 0 Å². The van der Waals surface area contributed by atoms with E-state index in [1.165, 1.54) is 0 Å². The average molecular weight is 493 g/mol. The lowest BCUT2D eigenvalue weighted by Crippen LogP contribution is -2.42. The van der Waals surface area contributed by atoms with Gasteiger partial charge in [-0.1, -0.05) is 23.7 Å². The van der Waals surface area contributed by atoms with Crippen molar-refractivity contribution in [3.63, 3.8) is 0 Å². The van der Waals surface area contributed by atoms with E-state index in [1.54, 1.807) is 19.0 Å². The minimum Gasteiger partial charge on any atom is -0.487 e. The van der Waals surface area contributed by atoms with Crippen LogP contribution in [0.4, 0.5) is 0 Å². The minimum atomic E-state index is -0.00170. The Morgan fingerprint density at radius 1 is 1.35 bits per heavy atom. The summed E-state index contributed by atoms with van der Waals surface area (Å²) in [4.78, 5) is 20.1. The summed E-state index contributed by atoms with van der Waals surface area (Å²) in [6.45, 7) is 1.75. The molecule has 2 aliphatic rings. The number of hydrogen-bond donors (Lipinski definition) is 1. The van der Waals surface area contributed by atoms with Crippen molar-refractivity contribution in [2.24, 2.45) is 4.99 Å². The largest absolute Gasteiger partial charge is 0.487 e. The van der Waals surface area contributed by atoms with Crippen molar-refractivity contribution >= 4 is 47.4 Å². The van der Waals surface area contributed by atoms with E-state index in [0.29, 0.717) is 16.8 Å². The number of hydrogen-bond acceptors (Lipinski definition) is 3. The number of rotatable bonds is 5. The molecule has 0 radical (unpaired) electrons. The van der Waals surface area contributed by atoms with Gasteiger partial charge in [0.25, 0.3) is 0 Å². The maximum absolute atomic E-state index is 11.8. The number of amides is 1. The molecule has 1 atom stereocenters. The fraction of sp³-hybridized carbons (Fsp3) is 0.556. The molecule has 1 aromatic carbocycles. The quantitative estimate of drug-likeness (QED) is 0.390. The van der Waals surface area contributed by atoms with Crippen molar-refractivity contribution in [3.8, 4) is 5.75 Å². The molecule has 1 unspecified atom stereocenters. The van der Waals surface area contributed by atoms with Gasteiger partial charge in [0.2, 0.25) is 5.91 Å². The first-order valence-electron chi connectivity index (χ1n) is 8.70. The van der Waals surface area contributed by atoms with Crippen LogP contribution in [-0.4, -0.2) is 67.5 Å². The van der Waals surface area contributed by atoms with Crippen molar-refractivity contribution in [1.82, 2.24) is 15.1 Å². The van der Waals surface area contributed by atoms with Crippen molar-refractivity contribution in [2.75, 3.05) is 33.7 Å². The Hall–Kier alpha value is -1.22. The molecule has 2 fully saturated rings. The number of benzene rings is 1. The highest BCUT2D eigenvalue weighted by atomic mass is 127. The molecule has 1 saturated carbocycles. The molecule has 0 spiro atoms. The standard InChI is InChI=1S/C18H25ClN4O2.HI/c1-22(2)17(24)11-20-18(21-13-7-8-13)23-10-9-14(12-23)25-16-6-4-3-5-15(16)19;/h3-6,13-14H,7-12H2,1-2H3,(H,20,21);1H. The number of para-hydroxylation sites is 1. The van der Waals surface area contributed by atoms with Gasteiger partial charge in [-0.05, 0) is 25.0 Å². The van der Waals surface area contributed by atoms with Crippen molar-refractivity contribution in [3.05, 3.63) is 29.3 Å². The third-order valence-corrected chi connectivity index (χ3v) is 4.66. The molecule has 1 N–H and O–H groups in total. The summed E-state index contributed by atoms with van der Waals surface area (Å²) in [5.74, 6) is 1.52. The van der Waals surface area contributed by atoms with Crippen LogP contribution >= 0.6 is 35.6 Å². The molecule has 0 bridgehead atoms. The van der Waals surface area contributed by atoms with E-state index in [1.807, 2.05) is 24.3 Å². The maximum atomic E-state index is 11.8. The van der Waals surface area contributed by atoms with Crippen LogP contribution in [0.15, 0.2) is 29.3 Å². The first-order chi connectivity index (χ1) is 12.0. The SMILES string of the molecule is CN(C)C(=O)CN=C(NC1CC1)N1CCC(Oc2ccccc2Cl)C1.I. The molecule has 26 heavy (non-hydrogen) atoms. The van der Waals surface area contributed by atoms with Crippen molar-refractivity contribution in [2.45, 2.75) is 31.4 Å². The van der Waals surface area contributed by atoms with Crippen LogP contribution in [0, 0.1) is 0 Å². The van der Waals surface area contributed by atoms with E-state index in [-0.39, 0.29) is 42.5 Å². The molecule has 0 aromatic heterocycles. The van der Waals surface area contributed by atoms with E-state index in [2.05, 4.69) is 15.2 Å². The zero-order chi connectivity index (χ0) is 17.8. The summed E-state index contributed by atoms with van der Waals surface area (Å²) in [6.07, 6.45) is 3.29. The molecule has 1 aliphatic carbocycles. The van der Waals surface area contributed by atoms with Crippen molar-refractivity contribution in [1.29, 1.82) is 0 Å². The number of halogens is 2. The number of guanidine groups is 1. The third kappa shape index (κ3) is 5.90. The predicted octanol–water partition coefficient (Wildman–Crippen LogP) is 2.61. The van der Waals surface area contributed by atoms with Gasteiger partial charge in [0.15, 0.2) is 5.96 Å². The predicted molar refractivity (Wildman–Crippen MR) is 115 cm³/mol. The van der Waals surface area contributed by atoms with Gasteiger partial charge < -0.3 is 19.9 Å². The van der Waals surface area contributed by atoms with Gasteiger partial charge in [-0.25, -0.2) is 4.99 Å². The highest BCUT2D eigenvalue weighted by Crippen LogP contribution is 2.27. The number of nitrogens with one attached hydrogen (secondary N) is 1. The number of carbonyl (C=O) groups is 1. The lowest BCUT2D eigenvalue weighted by molar-refractivity contribution is -0.127. The van der Waals surface area contributed by atoms with Gasteiger partial charge in [0.1, 0.15) is 18.4 Å². The zero-order valence-electron chi connectivity index (χ0n) is 15.2. The molecule has 1 amide bonds. The molecule has 6 nitrogen and oxygen atoms in total. The first kappa shape index (κ1) is 21.1. The van der Waals surface area contributed by atoms with E-state index < -0.39 is 0 Å². The number of likely N-dealkylation sites (tertiary alicyclic amines) is 1. The Labute approximate surface area is 176 Å². The van der Waals surface area contributed by atoms with E-state index in [9.17, 15) is 4.79 Å². The number of likely N-dealkylation sites (N-methyl/N-ethyl adjacent to an activating group) is 1. The lowest BCUT2D eigenvalue weighted by Gasteiger charge is -2.22. The minimum absolute atomic E-state index is 0. The Morgan fingerprint density at radius 3 is 2.73 bits per heavy atom. The molecule has 8 heteroatoms. The summed E-state index contributed by atoms with van der Waals surface area (Å²) in [5, 5.41) is 4.07. The average Bonchev–Trinajstić information content (AvgIpc) is 3.29. The number of aliphatic imine (C=N–C) groups is 1. The fourth-order valence-electron chi connectivity index (χ4n) is 2.67. The molecule has 1 heterocycles. The van der Waals surface area contributed by atoms with Crippen LogP contribution in [0.25, 0.3) is 0 Å². The summed E-state index contributed by atoms with van der Waals surface area (Å²) in [5.41, 5.74) is 0. The molecule has 144 valence electrons. The normalized spacial score (nSPS) is 19.7. The molecular weight excluding hydrogens is 467 g/mol. The highest BCUT2D eigenvalue weighted by molar-refractivity contribution is 14.0. The third-order valence-electron chi connectivity index (χ3n) is 4.35. The van der Waals surface area contributed by atoms with E-state index in [4.69, 9.17) is 16.3 Å². The Bertz CT molecular complexity index is 652. The first-order valence-corrected chi connectivity index (χ1v) is 9.08. The van der Waals surface area contributed by atoms with Gasteiger partial charge in [-0.15, -0.1) is 24.0 Å². The maximum Gasteiger partial charge on any atom is 0.243 e. The zero-order valence-corrected chi connectivity index (χ0v) is 18.2. The van der Waals surface area contributed by atoms with Crippen LogP contribution in [0.3, 0.4) is 0 Å². The fourth-order valence-corrected chi connectivity index (χ4v) is 2.85. The van der Waals surface area contributed by atoms with E-state index in [0.717, 1.165) is 38.3 Å². The van der Waals surface area contributed by atoms with Gasteiger partial charge in [-0.2, -0.15) is 0 Å². The number of nitrogens with zero attached hydrogens (tertiary/aromatic N) is 3. The second-order valence-electron chi connectivity index (χ2n) is 6.75. The molecule has 1 aromatic rings. The van der Waals surface area contributed by atoms with Gasteiger partial charge in [0, 0.05) is 33.1 Å². The molecule has 3 rings (SSSR count). The Kier molecular flexibility index (Phi) is 7.82. The van der Waals surface area contributed by atoms with Gasteiger partial charge in [0.05, 0.1) is 11.6 Å². The molecule has 1 aliphatic heterocycles.